The van der Waals surface area contributed by atoms with Crippen molar-refractivity contribution in [2.45, 2.75) is 43.8 Å². The Labute approximate surface area is 97.1 Å². The van der Waals surface area contributed by atoms with E-state index in [1.54, 1.807) is 7.11 Å². The van der Waals surface area contributed by atoms with Crippen LogP contribution in [0.3, 0.4) is 0 Å². The minimum atomic E-state index is -0.256. The fourth-order valence-electron chi connectivity index (χ4n) is 3.34. The molecule has 0 aromatic rings. The van der Waals surface area contributed by atoms with Crippen LogP contribution in [0.1, 0.15) is 32.1 Å². The van der Waals surface area contributed by atoms with Crippen LogP contribution in [0.2, 0.25) is 0 Å². The van der Waals surface area contributed by atoms with E-state index >= 15 is 0 Å². The molecule has 4 nitrogen and oxygen atoms in total. The van der Waals surface area contributed by atoms with Crippen LogP contribution in [-0.4, -0.2) is 43.7 Å². The number of hydrogen-bond acceptors (Lipinski definition) is 4. The molecule has 2 rings (SSSR count). The zero-order valence-electron chi connectivity index (χ0n) is 10.1. The van der Waals surface area contributed by atoms with E-state index in [4.69, 9.17) is 15.2 Å². The van der Waals surface area contributed by atoms with Crippen molar-refractivity contribution >= 4 is 0 Å². The van der Waals surface area contributed by atoms with Gasteiger partial charge in [0.25, 0.3) is 0 Å². The summed E-state index contributed by atoms with van der Waals surface area (Å²) < 4.78 is 11.4. The molecule has 16 heavy (non-hydrogen) atoms. The molecule has 94 valence electrons. The van der Waals surface area contributed by atoms with Gasteiger partial charge in [0.05, 0.1) is 18.3 Å². The lowest BCUT2D eigenvalue weighted by atomic mass is 9.55. The number of ether oxygens (including phenoxy) is 2. The van der Waals surface area contributed by atoms with Crippen LogP contribution < -0.4 is 5.73 Å². The standard InChI is InChI=1S/C12H23NO3/c1-15-9-12(4-2-3-5-16-12)11(8-13)6-10(14)7-11/h10,14H,2-9,13H2,1H3. The fraction of sp³-hybridized carbons (Fsp3) is 1.00. The summed E-state index contributed by atoms with van der Waals surface area (Å²) in [5.74, 6) is 0. The molecule has 3 N–H and O–H groups in total. The van der Waals surface area contributed by atoms with Gasteiger partial charge in [-0.15, -0.1) is 0 Å². The predicted octanol–water partition coefficient (Wildman–Crippen LogP) is 0.672. The SMILES string of the molecule is COCC1(C2(CN)CC(O)C2)CCCCO1. The highest BCUT2D eigenvalue weighted by Crippen LogP contribution is 2.53. The van der Waals surface area contributed by atoms with Crippen LogP contribution in [0, 0.1) is 5.41 Å². The molecule has 0 bridgehead atoms. The maximum atomic E-state index is 9.58. The topological polar surface area (TPSA) is 64.7 Å². The number of nitrogens with two attached hydrogens (primary N) is 1. The third-order valence-electron chi connectivity index (χ3n) is 4.34. The highest BCUT2D eigenvalue weighted by atomic mass is 16.5. The molecule has 1 saturated carbocycles. The normalized spacial score (nSPS) is 44.1. The Hall–Kier alpha value is -0.160. The molecule has 1 heterocycles. The van der Waals surface area contributed by atoms with Crippen LogP contribution in [-0.2, 0) is 9.47 Å². The van der Waals surface area contributed by atoms with Gasteiger partial charge in [0.15, 0.2) is 0 Å². The summed E-state index contributed by atoms with van der Waals surface area (Å²) in [7, 11) is 1.71. The van der Waals surface area contributed by atoms with E-state index in [1.807, 2.05) is 0 Å². The van der Waals surface area contributed by atoms with Crippen LogP contribution >= 0.6 is 0 Å². The summed E-state index contributed by atoms with van der Waals surface area (Å²) in [5.41, 5.74) is 5.61. The van der Waals surface area contributed by atoms with Crippen molar-refractivity contribution in [3.63, 3.8) is 0 Å². The average Bonchev–Trinajstić information content (AvgIpc) is 2.26. The molecule has 0 amide bonds. The summed E-state index contributed by atoms with van der Waals surface area (Å²) in [5, 5.41) is 9.58. The van der Waals surface area contributed by atoms with Gasteiger partial charge in [-0.3, -0.25) is 0 Å². The van der Waals surface area contributed by atoms with E-state index in [-0.39, 0.29) is 17.1 Å². The molecule has 0 radical (unpaired) electrons. The van der Waals surface area contributed by atoms with E-state index in [9.17, 15) is 5.11 Å². The van der Waals surface area contributed by atoms with Gasteiger partial charge >= 0.3 is 0 Å². The average molecular weight is 229 g/mol. The Kier molecular flexibility index (Phi) is 3.54. The number of methoxy groups -OCH3 is 1. The Bertz CT molecular complexity index is 227. The first-order valence-electron chi connectivity index (χ1n) is 6.19. The van der Waals surface area contributed by atoms with E-state index < -0.39 is 0 Å². The number of aliphatic hydroxyl groups excluding tert-OH is 1. The molecule has 1 unspecified atom stereocenters. The summed E-state index contributed by atoms with van der Waals surface area (Å²) >= 11 is 0. The largest absolute Gasteiger partial charge is 0.393 e. The van der Waals surface area contributed by atoms with Crippen LogP contribution in [0.5, 0.6) is 0 Å². The van der Waals surface area contributed by atoms with E-state index in [0.717, 1.165) is 32.3 Å². The second kappa shape index (κ2) is 4.61. The van der Waals surface area contributed by atoms with Gasteiger partial charge in [0.2, 0.25) is 0 Å². The van der Waals surface area contributed by atoms with E-state index in [2.05, 4.69) is 0 Å². The van der Waals surface area contributed by atoms with E-state index in [1.165, 1.54) is 6.42 Å². The van der Waals surface area contributed by atoms with Gasteiger partial charge in [-0.2, -0.15) is 0 Å². The first kappa shape index (κ1) is 12.3. The zero-order valence-corrected chi connectivity index (χ0v) is 10.1. The molecule has 1 aliphatic carbocycles. The summed E-state index contributed by atoms with van der Waals surface area (Å²) in [4.78, 5) is 0. The van der Waals surface area contributed by atoms with Crippen LogP contribution in [0.4, 0.5) is 0 Å². The van der Waals surface area contributed by atoms with Crippen molar-refractivity contribution < 1.29 is 14.6 Å². The van der Waals surface area contributed by atoms with Gasteiger partial charge in [-0.1, -0.05) is 0 Å². The van der Waals surface area contributed by atoms with Gasteiger partial charge in [0, 0.05) is 25.7 Å². The minimum Gasteiger partial charge on any atom is -0.393 e. The molecule has 2 fully saturated rings. The molecule has 1 atom stereocenters. The van der Waals surface area contributed by atoms with Gasteiger partial charge in [0.1, 0.15) is 0 Å². The second-order valence-electron chi connectivity index (χ2n) is 5.28. The van der Waals surface area contributed by atoms with Crippen molar-refractivity contribution in [3.05, 3.63) is 0 Å². The zero-order chi connectivity index (χ0) is 11.6. The number of hydrogen-bond donors (Lipinski definition) is 2. The highest BCUT2D eigenvalue weighted by molar-refractivity contribution is 5.09. The summed E-state index contributed by atoms with van der Waals surface area (Å²) in [6, 6.07) is 0. The quantitative estimate of drug-likeness (QED) is 0.743. The number of aliphatic hydroxyl groups is 1. The van der Waals surface area contributed by atoms with Crippen molar-refractivity contribution in [2.24, 2.45) is 11.1 Å². The lowest BCUT2D eigenvalue weighted by molar-refractivity contribution is -0.231. The Balaban J connectivity index is 2.16. The third kappa shape index (κ3) is 1.78. The van der Waals surface area contributed by atoms with Crippen LogP contribution in [0.15, 0.2) is 0 Å². The van der Waals surface area contributed by atoms with Crippen molar-refractivity contribution in [1.29, 1.82) is 0 Å². The van der Waals surface area contributed by atoms with Gasteiger partial charge in [-0.05, 0) is 32.1 Å². The minimum absolute atomic E-state index is 0.0666. The van der Waals surface area contributed by atoms with Crippen LogP contribution in [0.25, 0.3) is 0 Å². The van der Waals surface area contributed by atoms with Crippen molar-refractivity contribution in [2.75, 3.05) is 26.9 Å². The molecule has 0 aromatic heterocycles. The lowest BCUT2D eigenvalue weighted by Gasteiger charge is -2.58. The lowest BCUT2D eigenvalue weighted by Crippen LogP contribution is -2.65. The Morgan fingerprint density at radius 2 is 2.19 bits per heavy atom. The van der Waals surface area contributed by atoms with Crippen molar-refractivity contribution in [3.8, 4) is 0 Å². The first-order valence-corrected chi connectivity index (χ1v) is 6.19. The number of rotatable bonds is 4. The first-order chi connectivity index (χ1) is 7.68. The Morgan fingerprint density at radius 1 is 1.44 bits per heavy atom. The molecule has 4 heteroatoms. The molecular formula is C12H23NO3. The third-order valence-corrected chi connectivity index (χ3v) is 4.34. The second-order valence-corrected chi connectivity index (χ2v) is 5.28. The smallest absolute Gasteiger partial charge is 0.0984 e. The molecular weight excluding hydrogens is 206 g/mol. The maximum Gasteiger partial charge on any atom is 0.0984 e. The molecule has 2 aliphatic rings. The van der Waals surface area contributed by atoms with E-state index in [0.29, 0.717) is 13.2 Å². The molecule has 1 saturated heterocycles. The van der Waals surface area contributed by atoms with Crippen molar-refractivity contribution in [1.82, 2.24) is 0 Å². The van der Waals surface area contributed by atoms with Gasteiger partial charge < -0.3 is 20.3 Å². The Morgan fingerprint density at radius 3 is 2.62 bits per heavy atom. The molecule has 0 spiro atoms. The summed E-state index contributed by atoms with van der Waals surface area (Å²) in [6.07, 6.45) is 4.60. The molecule has 0 aromatic carbocycles. The fourth-order valence-corrected chi connectivity index (χ4v) is 3.34. The van der Waals surface area contributed by atoms with Gasteiger partial charge in [-0.25, -0.2) is 0 Å². The maximum absolute atomic E-state index is 9.58. The molecule has 1 aliphatic heterocycles. The predicted molar refractivity (Wildman–Crippen MR) is 61.1 cm³/mol. The highest BCUT2D eigenvalue weighted by Gasteiger charge is 2.58. The monoisotopic (exact) mass is 229 g/mol. The summed E-state index contributed by atoms with van der Waals surface area (Å²) in [6.45, 7) is 1.96.